The van der Waals surface area contributed by atoms with Crippen LogP contribution in [0.15, 0.2) is 108 Å². The molecule has 1 amide bonds. The van der Waals surface area contributed by atoms with Gasteiger partial charge >= 0.3 is 0 Å². The highest BCUT2D eigenvalue weighted by molar-refractivity contribution is 7.92. The van der Waals surface area contributed by atoms with E-state index >= 15 is 0 Å². The van der Waals surface area contributed by atoms with Gasteiger partial charge in [-0.15, -0.1) is 0 Å². The van der Waals surface area contributed by atoms with Gasteiger partial charge in [-0.05, 0) is 55.0 Å². The van der Waals surface area contributed by atoms with Gasteiger partial charge in [-0.2, -0.15) is 0 Å². The first-order chi connectivity index (χ1) is 18.3. The molecule has 38 heavy (non-hydrogen) atoms. The number of carbonyl (C=O) groups excluding carboxylic acids is 1. The zero-order valence-electron chi connectivity index (χ0n) is 21.5. The van der Waals surface area contributed by atoms with Crippen molar-refractivity contribution in [3.63, 3.8) is 0 Å². The molecule has 1 atom stereocenters. The summed E-state index contributed by atoms with van der Waals surface area (Å²) in [6.07, 6.45) is 0. The topological polar surface area (TPSA) is 84.9 Å². The number of anilines is 1. The summed E-state index contributed by atoms with van der Waals surface area (Å²) in [4.78, 5) is 13.8. The number of hydrogen-bond donors (Lipinski definition) is 1. The van der Waals surface area contributed by atoms with E-state index in [1.165, 1.54) is 4.31 Å². The molecule has 4 aromatic carbocycles. The van der Waals surface area contributed by atoms with Crippen LogP contribution in [0.3, 0.4) is 0 Å². The van der Waals surface area contributed by atoms with E-state index in [2.05, 4.69) is 5.32 Å². The summed E-state index contributed by atoms with van der Waals surface area (Å²) >= 11 is 0. The second-order valence-corrected chi connectivity index (χ2v) is 10.5. The van der Waals surface area contributed by atoms with Crippen molar-refractivity contribution in [2.24, 2.45) is 0 Å². The fourth-order valence-corrected chi connectivity index (χ4v) is 5.67. The van der Waals surface area contributed by atoms with Gasteiger partial charge in [-0.1, -0.05) is 60.7 Å². The van der Waals surface area contributed by atoms with Gasteiger partial charge in [0.15, 0.2) is 0 Å². The second kappa shape index (κ2) is 11.8. The fourth-order valence-electron chi connectivity index (χ4n) is 4.18. The maximum atomic E-state index is 13.9. The third-order valence-electron chi connectivity index (χ3n) is 6.17. The lowest BCUT2D eigenvalue weighted by Gasteiger charge is -2.27. The molecule has 1 N–H and O–H groups in total. The number of carbonyl (C=O) groups is 1. The van der Waals surface area contributed by atoms with Crippen LogP contribution in [-0.4, -0.2) is 28.5 Å². The van der Waals surface area contributed by atoms with E-state index in [4.69, 9.17) is 9.47 Å². The summed E-state index contributed by atoms with van der Waals surface area (Å²) in [7, 11) is -0.862. The first-order valence-corrected chi connectivity index (χ1v) is 13.5. The number of hydrogen-bond acceptors (Lipinski definition) is 5. The van der Waals surface area contributed by atoms with Crippen molar-refractivity contribution in [2.45, 2.75) is 24.4 Å². The molecule has 7 nitrogen and oxygen atoms in total. The van der Waals surface area contributed by atoms with Gasteiger partial charge in [0.05, 0.1) is 43.0 Å². The third-order valence-corrected chi connectivity index (χ3v) is 7.94. The van der Waals surface area contributed by atoms with E-state index in [1.807, 2.05) is 37.3 Å². The van der Waals surface area contributed by atoms with Crippen molar-refractivity contribution in [3.8, 4) is 11.5 Å². The number of amides is 1. The average Bonchev–Trinajstić information content (AvgIpc) is 2.96. The molecular formula is C30H30N2O5S. The first kappa shape index (κ1) is 26.8. The van der Waals surface area contributed by atoms with Gasteiger partial charge in [0, 0.05) is 5.56 Å². The van der Waals surface area contributed by atoms with Crippen LogP contribution in [0.1, 0.15) is 34.5 Å². The van der Waals surface area contributed by atoms with E-state index < -0.39 is 22.0 Å². The maximum Gasteiger partial charge on any atom is 0.264 e. The SMILES string of the molecule is COc1ccc(OC)c([C@@H](C)NC(=O)c2ccccc2N(Cc2ccccc2)S(=O)(=O)c2ccccc2)c1. The molecule has 196 valence electrons. The van der Waals surface area contributed by atoms with E-state index in [0.717, 1.165) is 11.1 Å². The molecule has 0 aliphatic carbocycles. The summed E-state index contributed by atoms with van der Waals surface area (Å²) < 4.78 is 39.8. The lowest BCUT2D eigenvalue weighted by molar-refractivity contribution is 0.0940. The minimum absolute atomic E-state index is 0.0572. The highest BCUT2D eigenvalue weighted by Gasteiger charge is 2.29. The summed E-state index contributed by atoms with van der Waals surface area (Å²) in [5.74, 6) is 0.814. The lowest BCUT2D eigenvalue weighted by Crippen LogP contribution is -2.34. The highest BCUT2D eigenvalue weighted by Crippen LogP contribution is 2.32. The van der Waals surface area contributed by atoms with Crippen LogP contribution in [0.25, 0.3) is 0 Å². The largest absolute Gasteiger partial charge is 0.497 e. The number of sulfonamides is 1. The molecular weight excluding hydrogens is 500 g/mol. The average molecular weight is 531 g/mol. The molecule has 0 aliphatic rings. The molecule has 0 fully saturated rings. The zero-order chi connectivity index (χ0) is 27.1. The fraction of sp³-hybridized carbons (Fsp3) is 0.167. The molecule has 0 saturated carbocycles. The van der Waals surface area contributed by atoms with E-state index in [-0.39, 0.29) is 22.7 Å². The van der Waals surface area contributed by atoms with E-state index in [9.17, 15) is 13.2 Å². The molecule has 0 heterocycles. The van der Waals surface area contributed by atoms with Crippen LogP contribution < -0.4 is 19.1 Å². The van der Waals surface area contributed by atoms with Gasteiger partial charge in [0.25, 0.3) is 15.9 Å². The molecule has 8 heteroatoms. The second-order valence-electron chi connectivity index (χ2n) is 8.63. The van der Waals surface area contributed by atoms with Crippen LogP contribution in [-0.2, 0) is 16.6 Å². The van der Waals surface area contributed by atoms with Crippen LogP contribution in [0, 0.1) is 0 Å². The Balaban J connectivity index is 1.74. The Labute approximate surface area is 223 Å². The van der Waals surface area contributed by atoms with Gasteiger partial charge in [-0.3, -0.25) is 9.10 Å². The van der Waals surface area contributed by atoms with Gasteiger partial charge < -0.3 is 14.8 Å². The van der Waals surface area contributed by atoms with Crippen LogP contribution in [0.5, 0.6) is 11.5 Å². The van der Waals surface area contributed by atoms with Gasteiger partial charge in [0.1, 0.15) is 11.5 Å². The number of nitrogens with zero attached hydrogens (tertiary/aromatic N) is 1. The van der Waals surface area contributed by atoms with Crippen molar-refractivity contribution < 1.29 is 22.7 Å². The number of methoxy groups -OCH3 is 2. The van der Waals surface area contributed by atoms with Crippen LogP contribution in [0.2, 0.25) is 0 Å². The Morgan fingerprint density at radius 3 is 2.13 bits per heavy atom. The quantitative estimate of drug-likeness (QED) is 0.289. The smallest absolute Gasteiger partial charge is 0.264 e. The summed E-state index contributed by atoms with van der Waals surface area (Å²) in [6.45, 7) is 1.89. The summed E-state index contributed by atoms with van der Waals surface area (Å²) in [5, 5.41) is 2.99. The number of ether oxygens (including phenoxy) is 2. The molecule has 0 unspecified atom stereocenters. The van der Waals surface area contributed by atoms with Crippen molar-refractivity contribution >= 4 is 21.6 Å². The monoisotopic (exact) mass is 530 g/mol. The molecule has 0 spiro atoms. The molecule has 0 aliphatic heterocycles. The van der Waals surface area contributed by atoms with E-state index in [1.54, 1.807) is 87.0 Å². The standard InChI is InChI=1S/C30H30N2O5S/c1-22(27-20-24(36-2)18-19-29(27)37-3)31-30(33)26-16-10-11-17-28(26)32(21-23-12-6-4-7-13-23)38(34,35)25-14-8-5-9-15-25/h4-20,22H,21H2,1-3H3,(H,31,33)/t22-/m1/s1. The number of nitrogens with one attached hydrogen (secondary N) is 1. The van der Waals surface area contributed by atoms with Crippen LogP contribution in [0.4, 0.5) is 5.69 Å². The predicted molar refractivity (Wildman–Crippen MR) is 148 cm³/mol. The van der Waals surface area contributed by atoms with Gasteiger partial charge in [-0.25, -0.2) is 8.42 Å². The number of benzene rings is 4. The third kappa shape index (κ3) is 5.81. The molecule has 0 aromatic heterocycles. The minimum Gasteiger partial charge on any atom is -0.497 e. The van der Waals surface area contributed by atoms with Gasteiger partial charge in [0.2, 0.25) is 0 Å². The van der Waals surface area contributed by atoms with Crippen molar-refractivity contribution in [3.05, 3.63) is 120 Å². The Bertz CT molecular complexity index is 1490. The Morgan fingerprint density at radius 2 is 1.47 bits per heavy atom. The molecule has 0 radical (unpaired) electrons. The zero-order valence-corrected chi connectivity index (χ0v) is 22.3. The maximum absolute atomic E-state index is 13.9. The normalized spacial score (nSPS) is 11.9. The Hall–Kier alpha value is -4.30. The summed E-state index contributed by atoms with van der Waals surface area (Å²) in [6, 6.07) is 29.1. The Kier molecular flexibility index (Phi) is 8.33. The minimum atomic E-state index is -3.99. The number of para-hydroxylation sites is 1. The van der Waals surface area contributed by atoms with Crippen molar-refractivity contribution in [1.82, 2.24) is 5.32 Å². The van der Waals surface area contributed by atoms with E-state index in [0.29, 0.717) is 11.5 Å². The van der Waals surface area contributed by atoms with Crippen molar-refractivity contribution in [1.29, 1.82) is 0 Å². The van der Waals surface area contributed by atoms with Crippen LogP contribution >= 0.6 is 0 Å². The molecule has 0 saturated heterocycles. The molecule has 4 aromatic rings. The first-order valence-electron chi connectivity index (χ1n) is 12.1. The van der Waals surface area contributed by atoms with Crippen molar-refractivity contribution in [2.75, 3.05) is 18.5 Å². The number of rotatable bonds is 10. The lowest BCUT2D eigenvalue weighted by atomic mass is 10.1. The molecule has 0 bridgehead atoms. The summed E-state index contributed by atoms with van der Waals surface area (Å²) in [5.41, 5.74) is 2.03. The highest BCUT2D eigenvalue weighted by atomic mass is 32.2. The Morgan fingerprint density at radius 1 is 0.842 bits per heavy atom. The molecule has 4 rings (SSSR count). The predicted octanol–water partition coefficient (Wildman–Crippen LogP) is 5.59.